The molecule has 2 heterocycles. The lowest BCUT2D eigenvalue weighted by molar-refractivity contribution is -0.171. The maximum atomic E-state index is 14.1. The number of benzene rings is 2. The monoisotopic (exact) mass is 707 g/mol. The molecule has 7 atom stereocenters. The first kappa shape index (κ1) is 34.8. The van der Waals surface area contributed by atoms with Gasteiger partial charge in [0.25, 0.3) is 5.91 Å². The van der Waals surface area contributed by atoms with Crippen molar-refractivity contribution in [1.29, 1.82) is 0 Å². The van der Waals surface area contributed by atoms with Gasteiger partial charge < -0.3 is 14.4 Å². The zero-order valence-corrected chi connectivity index (χ0v) is 28.8. The predicted octanol–water partition coefficient (Wildman–Crippen LogP) is 7.04. The number of allylic oxidation sites excluding steroid dienone is 1. The number of hydrogen-bond donors (Lipinski definition) is 1. The Hall–Kier alpha value is -3.09. The van der Waals surface area contributed by atoms with Gasteiger partial charge in [-0.05, 0) is 105 Å². The van der Waals surface area contributed by atoms with Crippen LogP contribution >= 0.6 is 11.6 Å². The fourth-order valence-corrected chi connectivity index (χ4v) is 9.75. The number of carbonyl (C=O) groups excluding carboxylic acids is 2. The number of methoxy groups -OCH3 is 1. The van der Waals surface area contributed by atoms with Gasteiger partial charge in [0, 0.05) is 36.2 Å². The van der Waals surface area contributed by atoms with Crippen molar-refractivity contribution in [2.24, 2.45) is 22.1 Å². The highest BCUT2D eigenvalue weighted by Crippen LogP contribution is 2.47. The summed E-state index contributed by atoms with van der Waals surface area (Å²) in [4.78, 5) is 28.0. The van der Waals surface area contributed by atoms with Crippen LogP contribution in [0.25, 0.3) is 0 Å². The van der Waals surface area contributed by atoms with E-state index >= 15 is 0 Å². The Bertz CT molecular complexity index is 1740. The van der Waals surface area contributed by atoms with E-state index in [4.69, 9.17) is 21.1 Å². The van der Waals surface area contributed by atoms with E-state index in [1.807, 2.05) is 24.3 Å². The summed E-state index contributed by atoms with van der Waals surface area (Å²) in [5.74, 6) is -2.81. The summed E-state index contributed by atoms with van der Waals surface area (Å²) in [6, 6.07) is 10.8. The van der Waals surface area contributed by atoms with Crippen LogP contribution in [0.15, 0.2) is 52.9 Å². The first-order valence-electron chi connectivity index (χ1n) is 16.4. The number of anilines is 1. The summed E-state index contributed by atoms with van der Waals surface area (Å²) < 4.78 is 72.1. The van der Waals surface area contributed by atoms with Gasteiger partial charge in [0.1, 0.15) is 15.7 Å². The summed E-state index contributed by atoms with van der Waals surface area (Å²) in [6.45, 7) is 4.82. The van der Waals surface area contributed by atoms with Crippen LogP contribution in [-0.4, -0.2) is 60.4 Å². The van der Waals surface area contributed by atoms with E-state index in [1.165, 1.54) is 24.1 Å². The SMILES string of the molecule is CO[C@H]1/C=C/C[C@H](C)[C@@H](C)S(=O)(NC(=O)C(F)(F)F)=NC(=O)c2ccc3c(c2)N(C[C@@H]2CC[C@H]21)C[C@@]1(CCCc2cc(Cl)ccc21)CO3. The van der Waals surface area contributed by atoms with Crippen LogP contribution in [0.1, 0.15) is 67.4 Å². The fraction of sp³-hybridized carbons (Fsp3) is 0.543. The molecule has 1 unspecified atom stereocenters. The van der Waals surface area contributed by atoms with E-state index in [0.717, 1.165) is 32.1 Å². The second kappa shape index (κ2) is 13.3. The lowest BCUT2D eigenvalue weighted by atomic mass is 9.68. The van der Waals surface area contributed by atoms with Crippen LogP contribution in [0.2, 0.25) is 5.02 Å². The largest absolute Gasteiger partial charge is 0.490 e. The smallest absolute Gasteiger partial charge is 0.472 e. The highest BCUT2D eigenvalue weighted by Gasteiger charge is 2.45. The predicted molar refractivity (Wildman–Crippen MR) is 179 cm³/mol. The summed E-state index contributed by atoms with van der Waals surface area (Å²) in [7, 11) is -2.55. The van der Waals surface area contributed by atoms with E-state index in [0.29, 0.717) is 48.5 Å². The fourth-order valence-electron chi connectivity index (χ4n) is 7.68. The number of fused-ring (bicyclic) bond motifs is 4. The Morgan fingerprint density at radius 3 is 2.69 bits per heavy atom. The molecule has 4 aliphatic rings. The molecule has 13 heteroatoms. The molecule has 2 aromatic carbocycles. The number of halogens is 4. The third-order valence-corrected chi connectivity index (χ3v) is 13.4. The van der Waals surface area contributed by atoms with Gasteiger partial charge in [-0.3, -0.25) is 14.3 Å². The molecule has 2 amide bonds. The van der Waals surface area contributed by atoms with Crippen molar-refractivity contribution in [3.63, 3.8) is 0 Å². The number of nitrogens with zero attached hydrogens (tertiary/aromatic N) is 2. The van der Waals surface area contributed by atoms with Crippen LogP contribution < -0.4 is 14.4 Å². The summed E-state index contributed by atoms with van der Waals surface area (Å²) in [5, 5.41) is -0.411. The van der Waals surface area contributed by atoms with Crippen molar-refractivity contribution >= 4 is 39.0 Å². The second-order valence-corrected chi connectivity index (χ2v) is 16.4. The Kier molecular flexibility index (Phi) is 9.65. The van der Waals surface area contributed by atoms with Crippen LogP contribution in [0.4, 0.5) is 18.9 Å². The van der Waals surface area contributed by atoms with Crippen LogP contribution in [0.5, 0.6) is 5.75 Å². The molecule has 2 aliphatic heterocycles. The number of aryl methyl sites for hydroxylation is 1. The van der Waals surface area contributed by atoms with Gasteiger partial charge in [0.05, 0.1) is 23.6 Å². The average Bonchev–Trinajstić information content (AvgIpc) is 3.17. The Balaban J connectivity index is 1.47. The van der Waals surface area contributed by atoms with Gasteiger partial charge in [-0.2, -0.15) is 13.2 Å². The van der Waals surface area contributed by atoms with Crippen molar-refractivity contribution in [2.75, 3.05) is 31.7 Å². The molecule has 1 spiro atoms. The first-order chi connectivity index (χ1) is 22.7. The van der Waals surface area contributed by atoms with Crippen molar-refractivity contribution in [2.45, 2.75) is 75.3 Å². The summed E-state index contributed by atoms with van der Waals surface area (Å²) in [6.07, 6.45) is 3.40. The van der Waals surface area contributed by atoms with Crippen molar-refractivity contribution in [1.82, 2.24) is 4.72 Å². The second-order valence-electron chi connectivity index (χ2n) is 13.7. The van der Waals surface area contributed by atoms with Crippen molar-refractivity contribution < 1.29 is 36.4 Å². The molecule has 1 fully saturated rings. The topological polar surface area (TPSA) is 97.3 Å². The maximum Gasteiger partial charge on any atom is 0.472 e. The molecular formula is C35H41ClF3N3O5S. The minimum Gasteiger partial charge on any atom is -0.490 e. The van der Waals surface area contributed by atoms with Gasteiger partial charge in [-0.25, -0.2) is 4.21 Å². The molecule has 2 aliphatic carbocycles. The standard InChI is InChI=1S/C35H41ClF3N3O5S/c1-21-6-4-8-30(46-3)27-12-9-25(27)18-42-19-34(15-5-7-23-16-26(36)11-13-28(23)34)20-47-31-14-10-24(17-29(31)42)32(43)40-48(45,22(21)2)41-33(44)35(37,38)39/h4,8,10-11,13-14,16-17,21-22,25,27,30H,5-7,9,12,15,18-20H2,1-3H3,(H,40,41,43,44,45)/b8-4+/t21-,22+,25-,27+,30-,34-,48?/m0/s1. The minimum atomic E-state index is -5.31. The zero-order valence-electron chi connectivity index (χ0n) is 27.2. The maximum absolute atomic E-state index is 14.1. The van der Waals surface area contributed by atoms with Crippen LogP contribution in [-0.2, 0) is 31.3 Å². The number of carbonyl (C=O) groups is 2. The van der Waals surface area contributed by atoms with E-state index in [2.05, 4.69) is 15.3 Å². The van der Waals surface area contributed by atoms with Gasteiger partial charge in [0.2, 0.25) is 0 Å². The van der Waals surface area contributed by atoms with Crippen molar-refractivity contribution in [3.05, 3.63) is 70.3 Å². The lowest BCUT2D eigenvalue weighted by Crippen LogP contribution is -2.49. The number of alkyl halides is 3. The molecule has 0 aromatic heterocycles. The van der Waals surface area contributed by atoms with E-state index in [9.17, 15) is 27.0 Å². The van der Waals surface area contributed by atoms with E-state index in [1.54, 1.807) is 30.9 Å². The molecule has 8 nitrogen and oxygen atoms in total. The summed E-state index contributed by atoms with van der Waals surface area (Å²) in [5.41, 5.74) is 2.72. The number of ether oxygens (including phenoxy) is 2. The molecule has 6 rings (SSSR count). The quantitative estimate of drug-likeness (QED) is 0.337. The van der Waals surface area contributed by atoms with Gasteiger partial charge >= 0.3 is 12.1 Å². The molecule has 1 N–H and O–H groups in total. The first-order valence-corrected chi connectivity index (χ1v) is 18.4. The molecule has 1 saturated carbocycles. The highest BCUT2D eigenvalue weighted by atomic mass is 35.5. The van der Waals surface area contributed by atoms with Gasteiger partial charge in [-0.1, -0.05) is 36.7 Å². The Labute approximate surface area is 284 Å². The average molecular weight is 708 g/mol. The molecular weight excluding hydrogens is 667 g/mol. The normalized spacial score (nSPS) is 32.9. The minimum absolute atomic E-state index is 0.0369. The van der Waals surface area contributed by atoms with E-state index < -0.39 is 39.1 Å². The number of nitrogens with one attached hydrogen (secondary N) is 1. The molecule has 0 saturated heterocycles. The molecule has 2 aromatic rings. The van der Waals surface area contributed by atoms with Gasteiger partial charge in [-0.15, -0.1) is 4.36 Å². The Morgan fingerprint density at radius 1 is 1.19 bits per heavy atom. The molecule has 0 radical (unpaired) electrons. The Morgan fingerprint density at radius 2 is 1.98 bits per heavy atom. The third-order valence-electron chi connectivity index (χ3n) is 10.8. The van der Waals surface area contributed by atoms with Crippen LogP contribution in [0, 0.1) is 17.8 Å². The van der Waals surface area contributed by atoms with Crippen molar-refractivity contribution in [3.8, 4) is 5.75 Å². The zero-order chi connectivity index (χ0) is 34.4. The highest BCUT2D eigenvalue weighted by molar-refractivity contribution is 7.93. The molecule has 48 heavy (non-hydrogen) atoms. The number of amides is 2. The molecule has 260 valence electrons. The third kappa shape index (κ3) is 6.72. The van der Waals surface area contributed by atoms with Crippen LogP contribution in [0.3, 0.4) is 0 Å². The lowest BCUT2D eigenvalue weighted by Gasteiger charge is -2.46. The van der Waals surface area contributed by atoms with E-state index in [-0.39, 0.29) is 23.0 Å². The van der Waals surface area contributed by atoms with Gasteiger partial charge in [0.15, 0.2) is 0 Å². The molecule has 2 bridgehead atoms. The number of hydrogen-bond acceptors (Lipinski definition) is 6. The summed E-state index contributed by atoms with van der Waals surface area (Å²) >= 11 is 6.39. The number of rotatable bonds is 2.